The minimum absolute atomic E-state index is 0.00842. The number of carboxylic acids is 1. The number of carboxylic acid groups (broad SMARTS) is 1. The van der Waals surface area contributed by atoms with Crippen molar-refractivity contribution in [2.45, 2.75) is 45.7 Å². The van der Waals surface area contributed by atoms with E-state index in [1.807, 2.05) is 13.8 Å². The van der Waals surface area contributed by atoms with Crippen LogP contribution in [-0.4, -0.2) is 48.7 Å². The number of hydrogen-bond acceptors (Lipinski definition) is 4. The van der Waals surface area contributed by atoms with E-state index in [-0.39, 0.29) is 11.9 Å². The first-order chi connectivity index (χ1) is 10.8. The molecule has 3 rings (SSSR count). The molecule has 122 valence electrons. The van der Waals surface area contributed by atoms with E-state index in [9.17, 15) is 14.7 Å². The number of aliphatic carboxylic acids is 1. The zero-order chi connectivity index (χ0) is 16.9. The fourth-order valence-electron chi connectivity index (χ4n) is 3.01. The van der Waals surface area contributed by atoms with Crippen LogP contribution in [0.25, 0.3) is 11.0 Å². The van der Waals surface area contributed by atoms with Gasteiger partial charge in [-0.3, -0.25) is 9.48 Å². The van der Waals surface area contributed by atoms with E-state index in [1.54, 1.807) is 24.7 Å². The molecule has 0 spiro atoms. The second-order valence-corrected chi connectivity index (χ2v) is 6.18. The highest BCUT2D eigenvalue weighted by Crippen LogP contribution is 2.32. The Kier molecular flexibility index (Phi) is 3.58. The molecule has 0 radical (unpaired) electrons. The summed E-state index contributed by atoms with van der Waals surface area (Å²) in [7, 11) is 1.79. The van der Waals surface area contributed by atoms with E-state index in [0.717, 1.165) is 18.5 Å². The quantitative estimate of drug-likeness (QED) is 0.927. The molecule has 1 fully saturated rings. The van der Waals surface area contributed by atoms with Crippen LogP contribution >= 0.6 is 0 Å². The summed E-state index contributed by atoms with van der Waals surface area (Å²) in [5.74, 6) is -1.25. The number of carbonyl (C=O) groups excluding carboxylic acids is 1. The SMILES string of the molecule is Cc1cc(C(=O)N(C2CC2)C(C)C(=O)O)c2c(C)nn(C)c2n1. The molecule has 7 heteroatoms. The third-order valence-electron chi connectivity index (χ3n) is 4.28. The van der Waals surface area contributed by atoms with Gasteiger partial charge in [0.1, 0.15) is 6.04 Å². The third-order valence-corrected chi connectivity index (χ3v) is 4.28. The predicted octanol–water partition coefficient (Wildman–Crippen LogP) is 1.66. The van der Waals surface area contributed by atoms with Crippen LogP contribution in [0.5, 0.6) is 0 Å². The lowest BCUT2D eigenvalue weighted by atomic mass is 10.1. The minimum atomic E-state index is -0.991. The molecular formula is C16H20N4O3. The topological polar surface area (TPSA) is 88.3 Å². The zero-order valence-electron chi connectivity index (χ0n) is 13.7. The van der Waals surface area contributed by atoms with Gasteiger partial charge in [0.05, 0.1) is 16.6 Å². The van der Waals surface area contributed by atoms with Crippen LogP contribution in [0.2, 0.25) is 0 Å². The molecule has 0 aliphatic heterocycles. The van der Waals surface area contributed by atoms with Crippen LogP contribution in [0.15, 0.2) is 6.07 Å². The summed E-state index contributed by atoms with van der Waals surface area (Å²) in [5.41, 5.74) is 2.56. The fraction of sp³-hybridized carbons (Fsp3) is 0.500. The molecule has 1 aliphatic rings. The van der Waals surface area contributed by atoms with Crippen molar-refractivity contribution in [3.63, 3.8) is 0 Å². The molecule has 1 atom stereocenters. The van der Waals surface area contributed by atoms with Crippen molar-refractivity contribution in [2.75, 3.05) is 0 Å². The van der Waals surface area contributed by atoms with Gasteiger partial charge < -0.3 is 10.0 Å². The Balaban J connectivity index is 2.14. The molecule has 2 heterocycles. The van der Waals surface area contributed by atoms with Gasteiger partial charge in [0.2, 0.25) is 0 Å². The number of pyridine rings is 1. The summed E-state index contributed by atoms with van der Waals surface area (Å²) in [6.07, 6.45) is 1.70. The Morgan fingerprint density at radius 1 is 1.39 bits per heavy atom. The lowest BCUT2D eigenvalue weighted by Gasteiger charge is -2.27. The Morgan fingerprint density at radius 2 is 2.04 bits per heavy atom. The predicted molar refractivity (Wildman–Crippen MR) is 84.3 cm³/mol. The molecule has 1 amide bonds. The molecule has 0 saturated heterocycles. The molecule has 1 unspecified atom stereocenters. The maximum atomic E-state index is 13.1. The summed E-state index contributed by atoms with van der Waals surface area (Å²) < 4.78 is 1.65. The average molecular weight is 316 g/mol. The molecule has 2 aromatic rings. The molecule has 1 saturated carbocycles. The summed E-state index contributed by atoms with van der Waals surface area (Å²) in [6, 6.07) is 0.883. The summed E-state index contributed by atoms with van der Waals surface area (Å²) >= 11 is 0. The van der Waals surface area contributed by atoms with E-state index < -0.39 is 12.0 Å². The van der Waals surface area contributed by atoms with Crippen molar-refractivity contribution in [3.8, 4) is 0 Å². The highest BCUT2D eigenvalue weighted by atomic mass is 16.4. The lowest BCUT2D eigenvalue weighted by Crippen LogP contribution is -2.44. The third kappa shape index (κ3) is 2.56. The summed E-state index contributed by atoms with van der Waals surface area (Å²) in [5, 5.41) is 14.4. The van der Waals surface area contributed by atoms with Gasteiger partial charge in [0.15, 0.2) is 5.65 Å². The van der Waals surface area contributed by atoms with E-state index in [4.69, 9.17) is 0 Å². The number of amides is 1. The van der Waals surface area contributed by atoms with Crippen molar-refractivity contribution in [3.05, 3.63) is 23.0 Å². The lowest BCUT2D eigenvalue weighted by molar-refractivity contribution is -0.141. The first-order valence-corrected chi connectivity index (χ1v) is 7.67. The van der Waals surface area contributed by atoms with Gasteiger partial charge in [0.25, 0.3) is 5.91 Å². The van der Waals surface area contributed by atoms with Gasteiger partial charge in [-0.1, -0.05) is 0 Å². The summed E-state index contributed by atoms with van der Waals surface area (Å²) in [4.78, 5) is 30.4. The molecule has 7 nitrogen and oxygen atoms in total. The van der Waals surface area contributed by atoms with Crippen molar-refractivity contribution < 1.29 is 14.7 Å². The number of carbonyl (C=O) groups is 2. The second-order valence-electron chi connectivity index (χ2n) is 6.18. The largest absolute Gasteiger partial charge is 0.480 e. The van der Waals surface area contributed by atoms with Gasteiger partial charge in [-0.05, 0) is 39.7 Å². The highest BCUT2D eigenvalue weighted by Gasteiger charge is 2.39. The van der Waals surface area contributed by atoms with E-state index in [1.165, 1.54) is 4.90 Å². The number of nitrogens with zero attached hydrogens (tertiary/aromatic N) is 4. The molecule has 1 N–H and O–H groups in total. The fourth-order valence-corrected chi connectivity index (χ4v) is 3.01. The van der Waals surface area contributed by atoms with Crippen LogP contribution in [-0.2, 0) is 11.8 Å². The van der Waals surface area contributed by atoms with E-state index in [2.05, 4.69) is 10.1 Å². The second kappa shape index (κ2) is 5.33. The van der Waals surface area contributed by atoms with Crippen LogP contribution in [0, 0.1) is 13.8 Å². The minimum Gasteiger partial charge on any atom is -0.480 e. The van der Waals surface area contributed by atoms with Crippen LogP contribution in [0.1, 0.15) is 41.5 Å². The molecule has 1 aliphatic carbocycles. The Hall–Kier alpha value is -2.44. The number of rotatable bonds is 4. The average Bonchev–Trinajstić information content (AvgIpc) is 3.26. The zero-order valence-corrected chi connectivity index (χ0v) is 13.7. The van der Waals surface area contributed by atoms with Gasteiger partial charge in [0, 0.05) is 18.8 Å². The van der Waals surface area contributed by atoms with Gasteiger partial charge >= 0.3 is 5.97 Å². The van der Waals surface area contributed by atoms with Gasteiger partial charge in [-0.2, -0.15) is 5.10 Å². The van der Waals surface area contributed by atoms with Crippen molar-refractivity contribution in [2.24, 2.45) is 7.05 Å². The maximum Gasteiger partial charge on any atom is 0.326 e. The smallest absolute Gasteiger partial charge is 0.326 e. The molecule has 0 aromatic carbocycles. The normalized spacial score (nSPS) is 15.7. The van der Waals surface area contributed by atoms with E-state index >= 15 is 0 Å². The first-order valence-electron chi connectivity index (χ1n) is 7.67. The highest BCUT2D eigenvalue weighted by molar-refractivity contribution is 6.07. The standard InChI is InChI=1S/C16H20N4O3/c1-8-7-12(13-9(2)18-19(4)14(13)17-8)15(21)20(11-5-6-11)10(3)16(22)23/h7,10-11H,5-6H2,1-4H3,(H,22,23). The number of fused-ring (bicyclic) bond motifs is 1. The number of aromatic nitrogens is 3. The van der Waals surface area contributed by atoms with Crippen LogP contribution in [0.4, 0.5) is 0 Å². The molecule has 23 heavy (non-hydrogen) atoms. The number of hydrogen-bond donors (Lipinski definition) is 1. The Morgan fingerprint density at radius 3 is 2.61 bits per heavy atom. The van der Waals surface area contributed by atoms with Crippen molar-refractivity contribution >= 4 is 22.9 Å². The molecular weight excluding hydrogens is 296 g/mol. The van der Waals surface area contributed by atoms with Gasteiger partial charge in [-0.15, -0.1) is 0 Å². The van der Waals surface area contributed by atoms with Crippen LogP contribution < -0.4 is 0 Å². The Bertz CT molecular complexity index is 807. The van der Waals surface area contributed by atoms with Gasteiger partial charge in [-0.25, -0.2) is 9.78 Å². The number of aryl methyl sites for hydroxylation is 3. The summed E-state index contributed by atoms with van der Waals surface area (Å²) in [6.45, 7) is 5.21. The molecule has 2 aromatic heterocycles. The maximum absolute atomic E-state index is 13.1. The van der Waals surface area contributed by atoms with Crippen molar-refractivity contribution in [1.82, 2.24) is 19.7 Å². The first kappa shape index (κ1) is 15.5. The van der Waals surface area contributed by atoms with E-state index in [0.29, 0.717) is 22.3 Å². The van der Waals surface area contributed by atoms with Crippen molar-refractivity contribution in [1.29, 1.82) is 0 Å². The van der Waals surface area contributed by atoms with Crippen LogP contribution in [0.3, 0.4) is 0 Å². The molecule has 0 bridgehead atoms. The monoisotopic (exact) mass is 316 g/mol. The Labute approximate surface area is 133 Å².